The van der Waals surface area contributed by atoms with Gasteiger partial charge in [0, 0.05) is 29.9 Å². The molecule has 0 unspecified atom stereocenters. The molecule has 1 N–H and O–H groups in total. The van der Waals surface area contributed by atoms with Crippen LogP contribution in [0.2, 0.25) is 0 Å². The smallest absolute Gasteiger partial charge is 0.271 e. The van der Waals surface area contributed by atoms with Crippen molar-refractivity contribution in [3.05, 3.63) is 52.3 Å². The van der Waals surface area contributed by atoms with Crippen molar-refractivity contribution >= 4 is 33.4 Å². The van der Waals surface area contributed by atoms with E-state index in [1.807, 2.05) is 37.5 Å². The van der Waals surface area contributed by atoms with Gasteiger partial charge in [-0.1, -0.05) is 18.2 Å². The normalized spacial score (nSPS) is 14.4. The van der Waals surface area contributed by atoms with Gasteiger partial charge in [0.05, 0.1) is 0 Å². The van der Waals surface area contributed by atoms with Gasteiger partial charge in [-0.2, -0.15) is 0 Å². The number of fused-ring (bicyclic) bond motifs is 1. The molecular formula is C15H14BrN3O2. The summed E-state index contributed by atoms with van der Waals surface area (Å²) in [6, 6.07) is 9.29. The minimum absolute atomic E-state index is 0.0519. The van der Waals surface area contributed by atoms with E-state index in [2.05, 4.69) is 21.2 Å². The van der Waals surface area contributed by atoms with E-state index in [0.717, 1.165) is 15.7 Å². The number of aryl methyl sites for hydroxylation is 1. The molecule has 2 aromatic rings. The average molecular weight is 348 g/mol. The first kappa shape index (κ1) is 13.9. The van der Waals surface area contributed by atoms with Crippen LogP contribution in [0.5, 0.6) is 0 Å². The van der Waals surface area contributed by atoms with E-state index >= 15 is 0 Å². The molecule has 21 heavy (non-hydrogen) atoms. The summed E-state index contributed by atoms with van der Waals surface area (Å²) < 4.78 is 2.59. The van der Waals surface area contributed by atoms with Crippen molar-refractivity contribution in [3.63, 3.8) is 0 Å². The molecule has 1 aromatic carbocycles. The summed E-state index contributed by atoms with van der Waals surface area (Å²) in [5, 5.41) is 2.83. The quantitative estimate of drug-likeness (QED) is 0.860. The van der Waals surface area contributed by atoms with Crippen LogP contribution in [0.3, 0.4) is 0 Å². The molecule has 0 atom stereocenters. The fourth-order valence-electron chi connectivity index (χ4n) is 2.45. The molecule has 0 fully saturated rings. The molecule has 6 heteroatoms. The van der Waals surface area contributed by atoms with Gasteiger partial charge in [0.2, 0.25) is 5.91 Å². The third-order valence-corrected chi connectivity index (χ3v) is 3.90. The Balaban J connectivity index is 1.94. The Hall–Kier alpha value is -2.08. The molecule has 2 heterocycles. The zero-order valence-corrected chi connectivity index (χ0v) is 13.1. The number of aromatic nitrogens is 1. The van der Waals surface area contributed by atoms with Gasteiger partial charge in [0.15, 0.2) is 0 Å². The van der Waals surface area contributed by atoms with E-state index in [1.54, 1.807) is 15.5 Å². The van der Waals surface area contributed by atoms with Crippen molar-refractivity contribution in [2.45, 2.75) is 6.54 Å². The number of benzene rings is 1. The third-order valence-electron chi connectivity index (χ3n) is 3.47. The highest BCUT2D eigenvalue weighted by Gasteiger charge is 2.25. The van der Waals surface area contributed by atoms with Gasteiger partial charge in [0.1, 0.15) is 12.2 Å². The topological polar surface area (TPSA) is 54.3 Å². The van der Waals surface area contributed by atoms with Crippen LogP contribution < -0.4 is 5.32 Å². The van der Waals surface area contributed by atoms with E-state index < -0.39 is 0 Å². The Labute approximate surface area is 130 Å². The summed E-state index contributed by atoms with van der Waals surface area (Å²) in [5.74, 6) is -0.336. The molecular weight excluding hydrogens is 334 g/mol. The molecule has 0 saturated carbocycles. The van der Waals surface area contributed by atoms with Crippen molar-refractivity contribution < 1.29 is 9.59 Å². The molecule has 2 amide bonds. The summed E-state index contributed by atoms with van der Waals surface area (Å²) in [6.45, 7) is 0.465. The Bertz CT molecular complexity index is 723. The van der Waals surface area contributed by atoms with Crippen LogP contribution in [-0.2, 0) is 18.4 Å². The minimum atomic E-state index is -0.179. The third kappa shape index (κ3) is 2.71. The second-order valence-corrected chi connectivity index (χ2v) is 5.94. The zero-order chi connectivity index (χ0) is 15.0. The Morgan fingerprint density at radius 1 is 1.29 bits per heavy atom. The van der Waals surface area contributed by atoms with E-state index in [1.165, 1.54) is 0 Å². The number of amides is 2. The largest absolute Gasteiger partial charge is 0.345 e. The highest BCUT2D eigenvalue weighted by atomic mass is 79.9. The molecule has 0 saturated heterocycles. The number of carbonyl (C=O) groups is 2. The number of nitrogens with zero attached hydrogens (tertiary/aromatic N) is 2. The van der Waals surface area contributed by atoms with Crippen molar-refractivity contribution in [3.8, 4) is 0 Å². The lowest BCUT2D eigenvalue weighted by molar-refractivity contribution is -0.116. The van der Waals surface area contributed by atoms with Crippen LogP contribution >= 0.6 is 15.9 Å². The number of hydrogen-bond donors (Lipinski definition) is 1. The van der Waals surface area contributed by atoms with E-state index in [4.69, 9.17) is 0 Å². The molecule has 108 valence electrons. The highest BCUT2D eigenvalue weighted by Crippen LogP contribution is 2.22. The standard InChI is InChI=1S/C15H14BrN3O2/c1-18-8-11(16)6-13(18)15(21)19-7-10-4-2-3-5-12(10)17-14(20)9-19/h2-6,8H,7,9H2,1H3,(H,17,20). The minimum Gasteiger partial charge on any atom is -0.345 e. The summed E-state index contributed by atoms with van der Waals surface area (Å²) in [7, 11) is 1.81. The van der Waals surface area contributed by atoms with Gasteiger partial charge in [-0.25, -0.2) is 0 Å². The zero-order valence-electron chi connectivity index (χ0n) is 11.5. The van der Waals surface area contributed by atoms with Crippen LogP contribution in [0, 0.1) is 0 Å². The fraction of sp³-hybridized carbons (Fsp3) is 0.200. The molecule has 0 radical (unpaired) electrons. The molecule has 0 spiro atoms. The molecule has 1 aliphatic rings. The van der Waals surface area contributed by atoms with Crippen LogP contribution in [-0.4, -0.2) is 27.8 Å². The summed E-state index contributed by atoms with van der Waals surface area (Å²) in [5.41, 5.74) is 2.25. The Kier molecular flexibility index (Phi) is 3.55. The van der Waals surface area contributed by atoms with Gasteiger partial charge in [0.25, 0.3) is 5.91 Å². The monoisotopic (exact) mass is 347 g/mol. The maximum Gasteiger partial charge on any atom is 0.271 e. The lowest BCUT2D eigenvalue weighted by Gasteiger charge is -2.19. The SMILES string of the molecule is Cn1cc(Br)cc1C(=O)N1CC(=O)Nc2ccccc2C1. The Morgan fingerprint density at radius 2 is 2.05 bits per heavy atom. The molecule has 0 aliphatic carbocycles. The van der Waals surface area contributed by atoms with Crippen molar-refractivity contribution in [2.24, 2.45) is 7.05 Å². The average Bonchev–Trinajstić information content (AvgIpc) is 2.68. The molecule has 0 bridgehead atoms. The molecule has 5 nitrogen and oxygen atoms in total. The summed E-state index contributed by atoms with van der Waals surface area (Å²) >= 11 is 3.36. The lowest BCUT2D eigenvalue weighted by Crippen LogP contribution is -2.36. The first-order chi connectivity index (χ1) is 10.0. The maximum atomic E-state index is 12.6. The number of nitrogens with one attached hydrogen (secondary N) is 1. The number of anilines is 1. The van der Waals surface area contributed by atoms with Gasteiger partial charge < -0.3 is 14.8 Å². The van der Waals surface area contributed by atoms with Crippen LogP contribution in [0.15, 0.2) is 41.0 Å². The summed E-state index contributed by atoms with van der Waals surface area (Å²) in [6.07, 6.45) is 1.82. The number of para-hydroxylation sites is 1. The molecule has 1 aliphatic heterocycles. The van der Waals surface area contributed by atoms with Crippen LogP contribution in [0.1, 0.15) is 16.1 Å². The number of halogens is 1. The van der Waals surface area contributed by atoms with E-state index in [-0.39, 0.29) is 18.4 Å². The van der Waals surface area contributed by atoms with Gasteiger partial charge in [-0.05, 0) is 33.6 Å². The van der Waals surface area contributed by atoms with Gasteiger partial charge in [-0.15, -0.1) is 0 Å². The van der Waals surface area contributed by atoms with Crippen molar-refractivity contribution in [1.82, 2.24) is 9.47 Å². The maximum absolute atomic E-state index is 12.6. The second-order valence-electron chi connectivity index (χ2n) is 5.02. The summed E-state index contributed by atoms with van der Waals surface area (Å²) in [4.78, 5) is 26.2. The Morgan fingerprint density at radius 3 is 2.76 bits per heavy atom. The van der Waals surface area contributed by atoms with E-state index in [9.17, 15) is 9.59 Å². The van der Waals surface area contributed by atoms with Crippen molar-refractivity contribution in [2.75, 3.05) is 11.9 Å². The van der Waals surface area contributed by atoms with Crippen LogP contribution in [0.4, 0.5) is 5.69 Å². The number of rotatable bonds is 1. The highest BCUT2D eigenvalue weighted by molar-refractivity contribution is 9.10. The first-order valence-electron chi connectivity index (χ1n) is 6.53. The first-order valence-corrected chi connectivity index (χ1v) is 7.33. The lowest BCUT2D eigenvalue weighted by atomic mass is 10.1. The van der Waals surface area contributed by atoms with Crippen LogP contribution in [0.25, 0.3) is 0 Å². The number of carbonyl (C=O) groups excluding carboxylic acids is 2. The predicted octanol–water partition coefficient (Wildman–Crippen LogP) is 2.38. The number of hydrogen-bond acceptors (Lipinski definition) is 2. The predicted molar refractivity (Wildman–Crippen MR) is 82.9 cm³/mol. The second kappa shape index (κ2) is 5.37. The molecule has 3 rings (SSSR count). The van der Waals surface area contributed by atoms with Crippen molar-refractivity contribution in [1.29, 1.82) is 0 Å². The van der Waals surface area contributed by atoms with E-state index in [0.29, 0.717) is 12.2 Å². The van der Waals surface area contributed by atoms with Gasteiger partial charge in [-0.3, -0.25) is 9.59 Å². The fourth-order valence-corrected chi connectivity index (χ4v) is 2.97. The molecule has 1 aromatic heterocycles. The van der Waals surface area contributed by atoms with Gasteiger partial charge >= 0.3 is 0 Å².